The second kappa shape index (κ2) is 8.32. The Morgan fingerprint density at radius 3 is 2.68 bits per heavy atom. The van der Waals surface area contributed by atoms with Gasteiger partial charge in [0.25, 0.3) is 0 Å². The normalized spacial score (nSPS) is 19.5. The zero-order valence-corrected chi connectivity index (χ0v) is 18.6. The summed E-state index contributed by atoms with van der Waals surface area (Å²) in [5.74, 6) is 0.906. The van der Waals surface area contributed by atoms with Gasteiger partial charge in [-0.2, -0.15) is 8.78 Å². The lowest BCUT2D eigenvalue weighted by Crippen LogP contribution is -2.38. The largest absolute Gasteiger partial charge is 0.435 e. The number of hydrogen-bond donors (Lipinski definition) is 0. The molecule has 9 heteroatoms. The van der Waals surface area contributed by atoms with Crippen molar-refractivity contribution in [1.82, 2.24) is 19.4 Å². The molecule has 7 nitrogen and oxygen atoms in total. The number of para-hydroxylation sites is 1. The van der Waals surface area contributed by atoms with Gasteiger partial charge in [0, 0.05) is 53.9 Å². The van der Waals surface area contributed by atoms with Crippen molar-refractivity contribution in [2.24, 2.45) is 0 Å². The van der Waals surface area contributed by atoms with E-state index < -0.39 is 6.61 Å². The molecule has 1 aromatic carbocycles. The van der Waals surface area contributed by atoms with Crippen LogP contribution in [-0.4, -0.2) is 51.3 Å². The lowest BCUT2D eigenvalue weighted by Gasteiger charge is -2.26. The Bertz CT molecular complexity index is 1340. The third-order valence-corrected chi connectivity index (χ3v) is 6.59. The summed E-state index contributed by atoms with van der Waals surface area (Å²) in [5.41, 5.74) is 5.05. The van der Waals surface area contributed by atoms with E-state index in [1.54, 1.807) is 18.2 Å². The van der Waals surface area contributed by atoms with Crippen LogP contribution < -0.4 is 9.64 Å². The van der Waals surface area contributed by atoms with Gasteiger partial charge in [0.1, 0.15) is 11.4 Å². The number of alkyl halides is 2. The van der Waals surface area contributed by atoms with Gasteiger partial charge < -0.3 is 18.8 Å². The van der Waals surface area contributed by atoms with Crippen molar-refractivity contribution in [2.45, 2.75) is 38.5 Å². The Morgan fingerprint density at radius 2 is 1.94 bits per heavy atom. The van der Waals surface area contributed by atoms with Gasteiger partial charge in [0.2, 0.25) is 5.95 Å². The Hall–Kier alpha value is -3.59. The zero-order valence-electron chi connectivity index (χ0n) is 18.6. The number of morpholine rings is 1. The molecule has 0 N–H and O–H groups in total. The first kappa shape index (κ1) is 21.0. The Kier molecular flexibility index (Phi) is 5.13. The van der Waals surface area contributed by atoms with Crippen molar-refractivity contribution < 1.29 is 18.3 Å². The first-order valence-corrected chi connectivity index (χ1v) is 11.3. The van der Waals surface area contributed by atoms with Crippen LogP contribution in [0.1, 0.15) is 23.4 Å². The summed E-state index contributed by atoms with van der Waals surface area (Å²) < 4.78 is 38.1. The minimum atomic E-state index is -2.87. The predicted octanol–water partition coefficient (Wildman–Crippen LogP) is 4.27. The lowest BCUT2D eigenvalue weighted by molar-refractivity contribution is -0.0503. The number of pyridine rings is 1. The Balaban J connectivity index is 1.31. The number of aryl methyl sites for hydroxylation is 1. The summed E-state index contributed by atoms with van der Waals surface area (Å²) in [5, 5.41) is 0. The molecule has 0 aliphatic carbocycles. The van der Waals surface area contributed by atoms with Gasteiger partial charge in [-0.1, -0.05) is 18.2 Å². The third kappa shape index (κ3) is 3.75. The van der Waals surface area contributed by atoms with E-state index in [1.807, 2.05) is 48.1 Å². The number of ether oxygens (including phenoxy) is 2. The van der Waals surface area contributed by atoms with Crippen molar-refractivity contribution in [2.75, 3.05) is 18.1 Å². The maximum atomic E-state index is 12.9. The van der Waals surface area contributed by atoms with E-state index in [2.05, 4.69) is 19.9 Å². The van der Waals surface area contributed by atoms with Crippen LogP contribution in [0.2, 0.25) is 0 Å². The summed E-state index contributed by atoms with van der Waals surface area (Å²) in [4.78, 5) is 16.1. The average Bonchev–Trinajstić information content (AvgIpc) is 3.55. The summed E-state index contributed by atoms with van der Waals surface area (Å²) in [6.45, 7) is 0.622. The molecule has 0 amide bonds. The standard InChI is InChI=1S/C25H23F2N5O2/c1-15-21(8-16-4-2-3-5-22(16)34-24(26)27)32-12-17(6-7-23(32)30-15)18-10-28-25(29-11-18)31-13-20-9-19(31)14-33-20/h2-7,10-12,19-20,24H,8-9,13-14H2,1H3. The molecule has 4 aromatic rings. The van der Waals surface area contributed by atoms with Crippen LogP contribution in [0.3, 0.4) is 0 Å². The molecule has 2 fully saturated rings. The molecule has 3 aromatic heterocycles. The van der Waals surface area contributed by atoms with E-state index in [-0.39, 0.29) is 11.9 Å². The summed E-state index contributed by atoms with van der Waals surface area (Å²) in [7, 11) is 0. The molecule has 0 saturated carbocycles. The monoisotopic (exact) mass is 463 g/mol. The highest BCUT2D eigenvalue weighted by Gasteiger charge is 2.40. The number of nitrogens with zero attached hydrogens (tertiary/aromatic N) is 5. The fourth-order valence-electron chi connectivity index (χ4n) is 4.90. The molecule has 0 radical (unpaired) electrons. The van der Waals surface area contributed by atoms with E-state index in [9.17, 15) is 8.78 Å². The van der Waals surface area contributed by atoms with Gasteiger partial charge in [0.15, 0.2) is 0 Å². The van der Waals surface area contributed by atoms with Gasteiger partial charge in [0.05, 0.1) is 24.4 Å². The SMILES string of the molecule is Cc1nc2ccc(-c3cnc(N4CC5CC4CO5)nc3)cn2c1Cc1ccccc1OC(F)F. The molecular weight excluding hydrogens is 440 g/mol. The minimum absolute atomic E-state index is 0.174. The number of anilines is 1. The van der Waals surface area contributed by atoms with E-state index in [1.165, 1.54) is 0 Å². The van der Waals surface area contributed by atoms with Gasteiger partial charge in [-0.15, -0.1) is 0 Å². The van der Waals surface area contributed by atoms with Crippen molar-refractivity contribution in [3.8, 4) is 16.9 Å². The van der Waals surface area contributed by atoms with Crippen LogP contribution in [-0.2, 0) is 11.2 Å². The highest BCUT2D eigenvalue weighted by molar-refractivity contribution is 5.64. The number of aromatic nitrogens is 4. The van der Waals surface area contributed by atoms with Crippen LogP contribution in [0.25, 0.3) is 16.8 Å². The molecule has 2 saturated heterocycles. The number of imidazole rings is 1. The maximum Gasteiger partial charge on any atom is 0.387 e. The van der Waals surface area contributed by atoms with E-state index >= 15 is 0 Å². The van der Waals surface area contributed by atoms with Crippen molar-refractivity contribution in [3.63, 3.8) is 0 Å². The highest BCUT2D eigenvalue weighted by Crippen LogP contribution is 2.31. The van der Waals surface area contributed by atoms with Gasteiger partial charge in [-0.25, -0.2) is 15.0 Å². The number of fused-ring (bicyclic) bond motifs is 3. The number of hydrogen-bond acceptors (Lipinski definition) is 6. The first-order chi connectivity index (χ1) is 16.5. The van der Waals surface area contributed by atoms with Crippen LogP contribution >= 0.6 is 0 Å². The lowest BCUT2D eigenvalue weighted by atomic mass is 10.1. The number of rotatable bonds is 6. The predicted molar refractivity (Wildman–Crippen MR) is 122 cm³/mol. The molecule has 2 unspecified atom stereocenters. The molecule has 0 spiro atoms. The van der Waals surface area contributed by atoms with Gasteiger partial charge >= 0.3 is 6.61 Å². The average molecular weight is 463 g/mol. The molecule has 34 heavy (non-hydrogen) atoms. The zero-order chi connectivity index (χ0) is 23.2. The van der Waals surface area contributed by atoms with E-state index in [0.717, 1.165) is 53.7 Å². The molecule has 2 bridgehead atoms. The molecule has 6 rings (SSSR count). The molecule has 2 aliphatic heterocycles. The summed E-state index contributed by atoms with van der Waals surface area (Å²) in [6.07, 6.45) is 7.40. The maximum absolute atomic E-state index is 12.9. The van der Waals surface area contributed by atoms with Gasteiger partial charge in [-0.05, 0) is 31.5 Å². The Labute approximate surface area is 195 Å². The smallest absolute Gasteiger partial charge is 0.387 e. The number of halogens is 2. The molecule has 174 valence electrons. The van der Waals surface area contributed by atoms with Crippen LogP contribution in [0.4, 0.5) is 14.7 Å². The van der Waals surface area contributed by atoms with Crippen molar-refractivity contribution in [1.29, 1.82) is 0 Å². The van der Waals surface area contributed by atoms with Crippen LogP contribution in [0.15, 0.2) is 55.0 Å². The minimum Gasteiger partial charge on any atom is -0.435 e. The second-order valence-corrected chi connectivity index (χ2v) is 8.72. The van der Waals surface area contributed by atoms with Crippen molar-refractivity contribution in [3.05, 3.63) is 71.9 Å². The second-order valence-electron chi connectivity index (χ2n) is 8.72. The van der Waals surface area contributed by atoms with E-state index in [0.29, 0.717) is 18.0 Å². The number of benzene rings is 1. The molecular formula is C25H23F2N5O2. The fourth-order valence-corrected chi connectivity index (χ4v) is 4.90. The quantitative estimate of drug-likeness (QED) is 0.426. The molecule has 5 heterocycles. The fraction of sp³-hybridized carbons (Fsp3) is 0.320. The molecule has 2 atom stereocenters. The Morgan fingerprint density at radius 1 is 1.12 bits per heavy atom. The topological polar surface area (TPSA) is 64.8 Å². The van der Waals surface area contributed by atoms with Crippen molar-refractivity contribution >= 4 is 11.6 Å². The third-order valence-electron chi connectivity index (χ3n) is 6.59. The summed E-state index contributed by atoms with van der Waals surface area (Å²) in [6, 6.07) is 11.1. The highest BCUT2D eigenvalue weighted by atomic mass is 19.3. The van der Waals surface area contributed by atoms with Crippen LogP contribution in [0.5, 0.6) is 5.75 Å². The van der Waals surface area contributed by atoms with Crippen LogP contribution in [0, 0.1) is 6.92 Å². The first-order valence-electron chi connectivity index (χ1n) is 11.3. The molecule has 2 aliphatic rings. The van der Waals surface area contributed by atoms with Gasteiger partial charge in [-0.3, -0.25) is 0 Å². The summed E-state index contributed by atoms with van der Waals surface area (Å²) >= 11 is 0. The van der Waals surface area contributed by atoms with E-state index in [4.69, 9.17) is 9.47 Å².